The minimum absolute atomic E-state index is 0.0529. The fourth-order valence-corrected chi connectivity index (χ4v) is 3.48. The van der Waals surface area contributed by atoms with Crippen molar-refractivity contribution in [2.75, 3.05) is 30.7 Å². The van der Waals surface area contributed by atoms with E-state index in [9.17, 15) is 14.4 Å². The molecule has 1 aromatic heterocycles. The second-order valence-electron chi connectivity index (χ2n) is 8.78. The first-order chi connectivity index (χ1) is 13.1. The number of nitrogens with zero attached hydrogens (tertiary/aromatic N) is 3. The van der Waals surface area contributed by atoms with Crippen molar-refractivity contribution < 1.29 is 14.4 Å². The zero-order valence-corrected chi connectivity index (χ0v) is 17.0. The SMILES string of the molecule is CC1CN(C(=O)C(=O)Nc2cnc(N)c(C3CC3)c2)CCN1C(=O)C(C)(C)C. The molecule has 0 bridgehead atoms. The standard InChI is InChI=1S/C20H29N5O3/c1-12-11-24(7-8-25(12)19(28)20(2,3)4)18(27)17(26)23-14-9-15(13-5-6-13)16(21)22-10-14/h9-10,12-13H,5-8,11H2,1-4H3,(H2,21,22)(H,23,26). The van der Waals surface area contributed by atoms with Gasteiger partial charge in [0, 0.05) is 31.1 Å². The van der Waals surface area contributed by atoms with Crippen LogP contribution in [0.3, 0.4) is 0 Å². The highest BCUT2D eigenvalue weighted by Gasteiger charge is 2.36. The van der Waals surface area contributed by atoms with E-state index in [0.717, 1.165) is 18.4 Å². The molecule has 1 saturated carbocycles. The first-order valence-electron chi connectivity index (χ1n) is 9.74. The molecule has 1 aliphatic heterocycles. The van der Waals surface area contributed by atoms with Crippen LogP contribution in [0.2, 0.25) is 0 Å². The third-order valence-electron chi connectivity index (χ3n) is 5.24. The lowest BCUT2D eigenvalue weighted by Gasteiger charge is -2.42. The number of carbonyl (C=O) groups excluding carboxylic acids is 3. The first-order valence-corrected chi connectivity index (χ1v) is 9.74. The molecule has 3 N–H and O–H groups in total. The fourth-order valence-electron chi connectivity index (χ4n) is 3.48. The summed E-state index contributed by atoms with van der Waals surface area (Å²) in [6.45, 7) is 8.63. The molecular formula is C20H29N5O3. The molecule has 1 atom stereocenters. The number of piperazine rings is 1. The Morgan fingerprint density at radius 3 is 2.46 bits per heavy atom. The highest BCUT2D eigenvalue weighted by atomic mass is 16.2. The minimum atomic E-state index is -0.698. The number of anilines is 2. The van der Waals surface area contributed by atoms with Crippen LogP contribution in [0, 0.1) is 5.41 Å². The summed E-state index contributed by atoms with van der Waals surface area (Å²) < 4.78 is 0. The quantitative estimate of drug-likeness (QED) is 0.749. The largest absolute Gasteiger partial charge is 0.383 e. The second-order valence-corrected chi connectivity index (χ2v) is 8.78. The Balaban J connectivity index is 1.61. The third kappa shape index (κ3) is 4.26. The first kappa shape index (κ1) is 20.1. The van der Waals surface area contributed by atoms with Gasteiger partial charge in [-0.1, -0.05) is 20.8 Å². The Morgan fingerprint density at radius 1 is 1.21 bits per heavy atom. The van der Waals surface area contributed by atoms with E-state index in [1.165, 1.54) is 11.1 Å². The van der Waals surface area contributed by atoms with Crippen LogP contribution in [0.1, 0.15) is 52.0 Å². The Labute approximate surface area is 165 Å². The van der Waals surface area contributed by atoms with E-state index in [-0.39, 0.29) is 11.9 Å². The Kier molecular flexibility index (Phi) is 5.32. The molecule has 0 aromatic carbocycles. The molecule has 3 rings (SSSR count). The van der Waals surface area contributed by atoms with Gasteiger partial charge in [0.1, 0.15) is 5.82 Å². The number of hydrogen-bond donors (Lipinski definition) is 2. The van der Waals surface area contributed by atoms with Gasteiger partial charge in [-0.2, -0.15) is 0 Å². The van der Waals surface area contributed by atoms with Gasteiger partial charge in [-0.3, -0.25) is 14.4 Å². The molecule has 2 fully saturated rings. The number of carbonyl (C=O) groups is 3. The number of amides is 3. The van der Waals surface area contributed by atoms with Crippen LogP contribution in [0.5, 0.6) is 0 Å². The molecular weight excluding hydrogens is 358 g/mol. The molecule has 1 aliphatic carbocycles. The van der Waals surface area contributed by atoms with E-state index in [1.807, 2.05) is 27.7 Å². The average molecular weight is 387 g/mol. The molecule has 152 valence electrons. The van der Waals surface area contributed by atoms with E-state index in [0.29, 0.717) is 37.1 Å². The highest BCUT2D eigenvalue weighted by Crippen LogP contribution is 2.42. The second kappa shape index (κ2) is 7.41. The summed E-state index contributed by atoms with van der Waals surface area (Å²) >= 11 is 0. The van der Waals surface area contributed by atoms with Gasteiger partial charge in [-0.25, -0.2) is 4.98 Å². The number of hydrogen-bond acceptors (Lipinski definition) is 5. The smallest absolute Gasteiger partial charge is 0.313 e. The van der Waals surface area contributed by atoms with Crippen molar-refractivity contribution in [1.82, 2.24) is 14.8 Å². The predicted octanol–water partition coefficient (Wildman–Crippen LogP) is 1.59. The topological polar surface area (TPSA) is 109 Å². The monoisotopic (exact) mass is 387 g/mol. The number of aromatic nitrogens is 1. The lowest BCUT2D eigenvalue weighted by molar-refractivity contribution is -0.150. The van der Waals surface area contributed by atoms with Gasteiger partial charge in [0.2, 0.25) is 5.91 Å². The molecule has 28 heavy (non-hydrogen) atoms. The van der Waals surface area contributed by atoms with Gasteiger partial charge >= 0.3 is 11.8 Å². The number of pyridine rings is 1. The van der Waals surface area contributed by atoms with E-state index < -0.39 is 17.2 Å². The summed E-state index contributed by atoms with van der Waals surface area (Å²) in [6, 6.07) is 1.66. The van der Waals surface area contributed by atoms with Gasteiger partial charge in [0.05, 0.1) is 11.9 Å². The molecule has 2 aliphatic rings. The molecule has 1 saturated heterocycles. The summed E-state index contributed by atoms with van der Waals surface area (Å²) in [5, 5.41) is 2.63. The lowest BCUT2D eigenvalue weighted by Crippen LogP contribution is -2.58. The third-order valence-corrected chi connectivity index (χ3v) is 5.24. The summed E-state index contributed by atoms with van der Waals surface area (Å²) in [7, 11) is 0. The zero-order valence-electron chi connectivity index (χ0n) is 17.0. The average Bonchev–Trinajstić information content (AvgIpc) is 3.46. The highest BCUT2D eigenvalue weighted by molar-refractivity contribution is 6.39. The summed E-state index contributed by atoms with van der Waals surface area (Å²) in [5.41, 5.74) is 6.82. The number of nitrogens with two attached hydrogens (primary N) is 1. The lowest BCUT2D eigenvalue weighted by atomic mass is 9.93. The van der Waals surface area contributed by atoms with E-state index in [1.54, 1.807) is 11.0 Å². The van der Waals surface area contributed by atoms with Crippen molar-refractivity contribution in [2.45, 2.75) is 52.5 Å². The van der Waals surface area contributed by atoms with Crippen molar-refractivity contribution in [3.8, 4) is 0 Å². The van der Waals surface area contributed by atoms with Crippen LogP contribution >= 0.6 is 0 Å². The van der Waals surface area contributed by atoms with Crippen LogP contribution in [0.4, 0.5) is 11.5 Å². The van der Waals surface area contributed by atoms with Crippen LogP contribution < -0.4 is 11.1 Å². The van der Waals surface area contributed by atoms with E-state index in [2.05, 4.69) is 10.3 Å². The molecule has 0 spiro atoms. The van der Waals surface area contributed by atoms with Crippen LogP contribution in [-0.4, -0.2) is 58.2 Å². The molecule has 1 unspecified atom stereocenters. The zero-order chi connectivity index (χ0) is 20.6. The van der Waals surface area contributed by atoms with Crippen LogP contribution in [0.25, 0.3) is 0 Å². The van der Waals surface area contributed by atoms with Gasteiger partial charge in [0.15, 0.2) is 0 Å². The van der Waals surface area contributed by atoms with E-state index >= 15 is 0 Å². The molecule has 2 heterocycles. The van der Waals surface area contributed by atoms with Crippen LogP contribution in [-0.2, 0) is 14.4 Å². The molecule has 1 aromatic rings. The maximum absolute atomic E-state index is 12.6. The Bertz CT molecular complexity index is 798. The summed E-state index contributed by atoms with van der Waals surface area (Å²) in [5.74, 6) is -0.373. The number of rotatable bonds is 2. The minimum Gasteiger partial charge on any atom is -0.383 e. The molecule has 8 heteroatoms. The molecule has 3 amide bonds. The van der Waals surface area contributed by atoms with Crippen molar-refractivity contribution in [1.29, 1.82) is 0 Å². The summed E-state index contributed by atoms with van der Waals surface area (Å²) in [6.07, 6.45) is 3.60. The fraction of sp³-hybridized carbons (Fsp3) is 0.600. The maximum atomic E-state index is 12.6. The molecule has 8 nitrogen and oxygen atoms in total. The Morgan fingerprint density at radius 2 is 1.89 bits per heavy atom. The summed E-state index contributed by atoms with van der Waals surface area (Å²) in [4.78, 5) is 45.0. The normalized spacial score (nSPS) is 20.1. The van der Waals surface area contributed by atoms with Gasteiger partial charge in [-0.05, 0) is 37.3 Å². The van der Waals surface area contributed by atoms with Gasteiger partial charge in [-0.15, -0.1) is 0 Å². The number of nitrogen functional groups attached to an aromatic ring is 1. The van der Waals surface area contributed by atoms with Crippen molar-refractivity contribution in [3.63, 3.8) is 0 Å². The van der Waals surface area contributed by atoms with Gasteiger partial charge < -0.3 is 20.9 Å². The molecule has 0 radical (unpaired) electrons. The predicted molar refractivity (Wildman–Crippen MR) is 106 cm³/mol. The maximum Gasteiger partial charge on any atom is 0.313 e. The van der Waals surface area contributed by atoms with E-state index in [4.69, 9.17) is 5.73 Å². The van der Waals surface area contributed by atoms with Crippen molar-refractivity contribution in [2.24, 2.45) is 5.41 Å². The van der Waals surface area contributed by atoms with Crippen LogP contribution in [0.15, 0.2) is 12.3 Å². The van der Waals surface area contributed by atoms with Gasteiger partial charge in [0.25, 0.3) is 0 Å². The van der Waals surface area contributed by atoms with Crippen molar-refractivity contribution in [3.05, 3.63) is 17.8 Å². The van der Waals surface area contributed by atoms with Crippen molar-refractivity contribution >= 4 is 29.2 Å². The Hall–Kier alpha value is -2.64. The number of nitrogens with one attached hydrogen (secondary N) is 1.